The zero-order valence-corrected chi connectivity index (χ0v) is 15.3. The van der Waals surface area contributed by atoms with Crippen molar-refractivity contribution >= 4 is 29.1 Å². The lowest BCUT2D eigenvalue weighted by molar-refractivity contribution is 0.0697. The van der Waals surface area contributed by atoms with Gasteiger partial charge in [-0.2, -0.15) is 4.98 Å². The molecule has 1 aromatic heterocycles. The molecule has 0 saturated carbocycles. The van der Waals surface area contributed by atoms with Crippen molar-refractivity contribution in [1.29, 1.82) is 0 Å². The van der Waals surface area contributed by atoms with Gasteiger partial charge in [0, 0.05) is 17.4 Å². The van der Waals surface area contributed by atoms with Crippen molar-refractivity contribution < 1.29 is 14.6 Å². The Balaban J connectivity index is 1.84. The number of hydrogen-bond acceptors (Lipinski definition) is 6. The molecule has 0 aliphatic rings. The van der Waals surface area contributed by atoms with Crippen LogP contribution in [0.2, 0.25) is 0 Å². The van der Waals surface area contributed by atoms with Gasteiger partial charge in [-0.15, -0.1) is 0 Å². The van der Waals surface area contributed by atoms with Crippen LogP contribution in [0.1, 0.15) is 21.6 Å². The fourth-order valence-electron chi connectivity index (χ4n) is 2.57. The molecular formula is C20H20N4O3. The molecule has 0 amide bonds. The first-order chi connectivity index (χ1) is 12.9. The number of nitrogens with one attached hydrogen (secondary N) is 2. The molecule has 7 nitrogen and oxygen atoms in total. The van der Waals surface area contributed by atoms with Crippen LogP contribution in [0.4, 0.5) is 23.1 Å². The highest BCUT2D eigenvalue weighted by atomic mass is 16.5. The fraction of sp³-hybridized carbons (Fsp3) is 0.150. The van der Waals surface area contributed by atoms with Crippen LogP contribution in [-0.2, 0) is 0 Å². The van der Waals surface area contributed by atoms with E-state index in [2.05, 4.69) is 20.6 Å². The Labute approximate surface area is 157 Å². The van der Waals surface area contributed by atoms with Gasteiger partial charge in [0.1, 0.15) is 11.6 Å². The van der Waals surface area contributed by atoms with Gasteiger partial charge in [-0.25, -0.2) is 9.78 Å². The summed E-state index contributed by atoms with van der Waals surface area (Å²) >= 11 is 0. The van der Waals surface area contributed by atoms with E-state index in [0.29, 0.717) is 17.5 Å². The van der Waals surface area contributed by atoms with Gasteiger partial charge in [0.25, 0.3) is 0 Å². The van der Waals surface area contributed by atoms with Crippen LogP contribution in [0.25, 0.3) is 0 Å². The predicted molar refractivity (Wildman–Crippen MR) is 104 cm³/mol. The van der Waals surface area contributed by atoms with Crippen LogP contribution in [-0.4, -0.2) is 28.2 Å². The Bertz CT molecular complexity index is 971. The van der Waals surface area contributed by atoms with E-state index in [0.717, 1.165) is 22.6 Å². The van der Waals surface area contributed by atoms with Crippen molar-refractivity contribution in [3.8, 4) is 5.75 Å². The molecule has 7 heteroatoms. The molecule has 0 saturated heterocycles. The minimum absolute atomic E-state index is 0.230. The molecule has 0 spiro atoms. The van der Waals surface area contributed by atoms with Gasteiger partial charge in [-0.3, -0.25) is 0 Å². The molecule has 0 aliphatic heterocycles. The highest BCUT2D eigenvalue weighted by Crippen LogP contribution is 2.28. The van der Waals surface area contributed by atoms with E-state index in [-0.39, 0.29) is 5.56 Å². The minimum atomic E-state index is -0.960. The van der Waals surface area contributed by atoms with E-state index < -0.39 is 5.97 Å². The molecular weight excluding hydrogens is 344 g/mol. The quantitative estimate of drug-likeness (QED) is 0.600. The number of nitrogens with zero attached hydrogens (tertiary/aromatic N) is 2. The molecule has 1 heterocycles. The van der Waals surface area contributed by atoms with E-state index in [1.165, 1.54) is 12.1 Å². The lowest BCUT2D eigenvalue weighted by Crippen LogP contribution is -2.04. The number of anilines is 4. The molecule has 138 valence electrons. The molecule has 0 atom stereocenters. The molecule has 0 radical (unpaired) electrons. The summed E-state index contributed by atoms with van der Waals surface area (Å²) in [5, 5.41) is 15.3. The predicted octanol–water partition coefficient (Wildman–Crippen LogP) is 4.29. The Morgan fingerprint density at radius 1 is 1.00 bits per heavy atom. The molecule has 0 unspecified atom stereocenters. The third kappa shape index (κ3) is 4.52. The van der Waals surface area contributed by atoms with E-state index in [1.54, 1.807) is 19.2 Å². The molecule has 3 rings (SSSR count). The number of carbonyl (C=O) groups is 1. The van der Waals surface area contributed by atoms with Crippen LogP contribution < -0.4 is 15.4 Å². The third-order valence-electron chi connectivity index (χ3n) is 3.86. The van der Waals surface area contributed by atoms with Crippen LogP contribution in [0, 0.1) is 13.8 Å². The highest BCUT2D eigenvalue weighted by molar-refractivity contribution is 5.88. The number of hydrogen-bond donors (Lipinski definition) is 3. The number of carboxylic acids is 1. The SMILES string of the molecule is COc1ccc(C)cc1Nc1nc(C)cc(Nc2ccc(C(=O)O)cc2)n1. The van der Waals surface area contributed by atoms with Crippen LogP contribution in [0.5, 0.6) is 5.75 Å². The van der Waals surface area contributed by atoms with Crippen LogP contribution in [0.15, 0.2) is 48.5 Å². The van der Waals surface area contributed by atoms with Crippen molar-refractivity contribution in [3.63, 3.8) is 0 Å². The number of methoxy groups -OCH3 is 1. The van der Waals surface area contributed by atoms with Gasteiger partial charge < -0.3 is 20.5 Å². The van der Waals surface area contributed by atoms with Crippen molar-refractivity contribution in [2.24, 2.45) is 0 Å². The Kier molecular flexibility index (Phi) is 5.21. The van der Waals surface area contributed by atoms with Crippen molar-refractivity contribution in [2.75, 3.05) is 17.7 Å². The lowest BCUT2D eigenvalue weighted by Gasteiger charge is -2.13. The number of aromatic carboxylic acids is 1. The fourth-order valence-corrected chi connectivity index (χ4v) is 2.57. The highest BCUT2D eigenvalue weighted by Gasteiger charge is 2.08. The van der Waals surface area contributed by atoms with Crippen molar-refractivity contribution in [3.05, 3.63) is 65.4 Å². The lowest BCUT2D eigenvalue weighted by atomic mass is 10.2. The summed E-state index contributed by atoms with van der Waals surface area (Å²) in [5.41, 5.74) is 3.61. The first-order valence-corrected chi connectivity index (χ1v) is 8.32. The van der Waals surface area contributed by atoms with Gasteiger partial charge in [0.15, 0.2) is 0 Å². The number of rotatable bonds is 6. The van der Waals surface area contributed by atoms with E-state index in [4.69, 9.17) is 9.84 Å². The Morgan fingerprint density at radius 2 is 1.74 bits per heavy atom. The smallest absolute Gasteiger partial charge is 0.335 e. The summed E-state index contributed by atoms with van der Waals surface area (Å²) in [4.78, 5) is 19.8. The van der Waals surface area contributed by atoms with Crippen LogP contribution >= 0.6 is 0 Å². The summed E-state index contributed by atoms with van der Waals surface area (Å²) in [6.45, 7) is 3.87. The molecule has 27 heavy (non-hydrogen) atoms. The monoisotopic (exact) mass is 364 g/mol. The summed E-state index contributed by atoms with van der Waals surface area (Å²) < 4.78 is 5.38. The summed E-state index contributed by atoms with van der Waals surface area (Å²) in [6.07, 6.45) is 0. The minimum Gasteiger partial charge on any atom is -0.495 e. The number of carboxylic acid groups (broad SMARTS) is 1. The molecule has 3 aromatic rings. The van der Waals surface area contributed by atoms with E-state index >= 15 is 0 Å². The van der Waals surface area contributed by atoms with E-state index in [9.17, 15) is 4.79 Å². The van der Waals surface area contributed by atoms with E-state index in [1.807, 2.05) is 38.1 Å². The zero-order valence-electron chi connectivity index (χ0n) is 15.3. The van der Waals surface area contributed by atoms with Gasteiger partial charge >= 0.3 is 5.97 Å². The number of benzene rings is 2. The molecule has 0 aliphatic carbocycles. The van der Waals surface area contributed by atoms with Crippen LogP contribution in [0.3, 0.4) is 0 Å². The maximum atomic E-state index is 11.0. The number of ether oxygens (including phenoxy) is 1. The average molecular weight is 364 g/mol. The summed E-state index contributed by atoms with van der Waals surface area (Å²) in [6, 6.07) is 14.1. The Morgan fingerprint density at radius 3 is 2.41 bits per heavy atom. The number of aromatic nitrogens is 2. The summed E-state index contributed by atoms with van der Waals surface area (Å²) in [5.74, 6) is 0.769. The zero-order chi connectivity index (χ0) is 19.4. The summed E-state index contributed by atoms with van der Waals surface area (Å²) in [7, 11) is 1.61. The second kappa shape index (κ2) is 7.74. The third-order valence-corrected chi connectivity index (χ3v) is 3.86. The topological polar surface area (TPSA) is 96.4 Å². The maximum Gasteiger partial charge on any atom is 0.335 e. The largest absolute Gasteiger partial charge is 0.495 e. The second-order valence-corrected chi connectivity index (χ2v) is 6.05. The second-order valence-electron chi connectivity index (χ2n) is 6.05. The number of aryl methyl sites for hydroxylation is 2. The molecule has 0 fully saturated rings. The van der Waals surface area contributed by atoms with Gasteiger partial charge in [-0.05, 0) is 55.8 Å². The van der Waals surface area contributed by atoms with Crippen molar-refractivity contribution in [1.82, 2.24) is 9.97 Å². The average Bonchev–Trinajstić information content (AvgIpc) is 2.62. The molecule has 0 bridgehead atoms. The maximum absolute atomic E-state index is 11.0. The molecule has 2 aromatic carbocycles. The Hall–Kier alpha value is -3.61. The van der Waals surface area contributed by atoms with Crippen molar-refractivity contribution in [2.45, 2.75) is 13.8 Å². The van der Waals surface area contributed by atoms with Gasteiger partial charge in [0.05, 0.1) is 18.4 Å². The van der Waals surface area contributed by atoms with Gasteiger partial charge in [0.2, 0.25) is 5.95 Å². The normalized spacial score (nSPS) is 10.3. The molecule has 3 N–H and O–H groups in total. The van der Waals surface area contributed by atoms with Gasteiger partial charge in [-0.1, -0.05) is 6.07 Å². The first kappa shape index (κ1) is 18.2. The first-order valence-electron chi connectivity index (χ1n) is 8.32. The standard InChI is InChI=1S/C20H20N4O3/c1-12-4-9-17(27-3)16(10-12)23-20-21-13(2)11-18(24-20)22-15-7-5-14(6-8-15)19(25)26/h4-11H,1-3H3,(H,25,26)(H2,21,22,23,24).